The molecule has 0 saturated heterocycles. The number of hydrogen-bond donors (Lipinski definition) is 1. The number of terminal acetylenes is 1. The van der Waals surface area contributed by atoms with Crippen molar-refractivity contribution in [1.82, 2.24) is 4.98 Å². The molecule has 0 aliphatic heterocycles. The van der Waals surface area contributed by atoms with Crippen molar-refractivity contribution in [2.45, 2.75) is 0 Å². The first kappa shape index (κ1) is 6.56. The molecule has 1 rings (SSSR count). The monoisotopic (exact) mass is 136 g/mol. The van der Waals surface area contributed by atoms with Crippen molar-refractivity contribution in [1.29, 1.82) is 0 Å². The Balaban J connectivity index is 3.25. The molecule has 0 spiro atoms. The minimum atomic E-state index is -0.609. The van der Waals surface area contributed by atoms with Crippen LogP contribution in [0.5, 0.6) is 0 Å². The van der Waals surface area contributed by atoms with Gasteiger partial charge in [-0.05, 0) is 18.1 Å². The van der Waals surface area contributed by atoms with E-state index in [1.165, 1.54) is 6.07 Å². The number of hydrogen-bond acceptors (Lipinski definition) is 2. The molecule has 10 heavy (non-hydrogen) atoms. The zero-order chi connectivity index (χ0) is 7.56. The lowest BCUT2D eigenvalue weighted by atomic mass is 10.3. The van der Waals surface area contributed by atoms with Crippen LogP contribution >= 0.6 is 0 Å². The molecule has 0 amide bonds. The predicted octanol–water partition coefficient (Wildman–Crippen LogP) is 0.784. The van der Waals surface area contributed by atoms with Gasteiger partial charge in [-0.15, -0.1) is 6.42 Å². The molecular formula is C7H5FN2. The summed E-state index contributed by atoms with van der Waals surface area (Å²) >= 11 is 0. The smallest absolute Gasteiger partial charge is 0.214 e. The summed E-state index contributed by atoms with van der Waals surface area (Å²) < 4.78 is 12.3. The molecule has 0 aliphatic carbocycles. The maximum Gasteiger partial charge on any atom is 0.214 e. The number of pyridine rings is 1. The van der Waals surface area contributed by atoms with Gasteiger partial charge in [0, 0.05) is 0 Å². The van der Waals surface area contributed by atoms with Gasteiger partial charge in [0.2, 0.25) is 5.95 Å². The van der Waals surface area contributed by atoms with E-state index in [0.717, 1.165) is 6.07 Å². The number of halogens is 1. The molecular weight excluding hydrogens is 131 g/mol. The molecule has 1 heterocycles. The number of anilines is 1. The van der Waals surface area contributed by atoms with E-state index < -0.39 is 5.95 Å². The third-order valence-corrected chi connectivity index (χ3v) is 1.03. The van der Waals surface area contributed by atoms with E-state index in [1.807, 2.05) is 0 Å². The van der Waals surface area contributed by atoms with E-state index in [4.69, 9.17) is 12.2 Å². The second-order valence-electron chi connectivity index (χ2n) is 1.72. The summed E-state index contributed by atoms with van der Waals surface area (Å²) in [4.78, 5) is 3.36. The average molecular weight is 136 g/mol. The topological polar surface area (TPSA) is 38.9 Å². The van der Waals surface area contributed by atoms with E-state index in [2.05, 4.69) is 10.9 Å². The van der Waals surface area contributed by atoms with Crippen molar-refractivity contribution >= 4 is 5.69 Å². The Kier molecular flexibility index (Phi) is 1.55. The molecule has 1 aromatic rings. The molecule has 1 aromatic heterocycles. The van der Waals surface area contributed by atoms with Crippen LogP contribution in [0, 0.1) is 18.3 Å². The third-order valence-electron chi connectivity index (χ3n) is 1.03. The highest BCUT2D eigenvalue weighted by molar-refractivity contribution is 5.50. The van der Waals surface area contributed by atoms with Gasteiger partial charge in [-0.3, -0.25) is 0 Å². The molecule has 2 nitrogen and oxygen atoms in total. The van der Waals surface area contributed by atoms with Crippen LogP contribution in [0.15, 0.2) is 12.1 Å². The lowest BCUT2D eigenvalue weighted by molar-refractivity contribution is 0.583. The van der Waals surface area contributed by atoms with Gasteiger partial charge in [-0.2, -0.15) is 4.39 Å². The Bertz CT molecular complexity index is 288. The maximum absolute atomic E-state index is 12.3. The SMILES string of the molecule is C#Cc1nc(F)ccc1N. The summed E-state index contributed by atoms with van der Waals surface area (Å²) in [6.45, 7) is 0. The highest BCUT2D eigenvalue weighted by Crippen LogP contribution is 2.06. The number of nitrogens with zero attached hydrogens (tertiary/aromatic N) is 1. The number of nitrogens with two attached hydrogens (primary N) is 1. The zero-order valence-corrected chi connectivity index (χ0v) is 5.13. The van der Waals surface area contributed by atoms with Crippen molar-refractivity contribution in [2.24, 2.45) is 0 Å². The predicted molar refractivity (Wildman–Crippen MR) is 36.5 cm³/mol. The van der Waals surface area contributed by atoms with E-state index in [-0.39, 0.29) is 5.69 Å². The fourth-order valence-electron chi connectivity index (χ4n) is 0.562. The van der Waals surface area contributed by atoms with Crippen LogP contribution in [0.4, 0.5) is 10.1 Å². The van der Waals surface area contributed by atoms with Crippen LogP contribution < -0.4 is 5.73 Å². The van der Waals surface area contributed by atoms with Gasteiger partial charge in [0.25, 0.3) is 0 Å². The van der Waals surface area contributed by atoms with Crippen LogP contribution in [0.25, 0.3) is 0 Å². The Morgan fingerprint density at radius 3 is 2.80 bits per heavy atom. The number of rotatable bonds is 0. The molecule has 0 aliphatic rings. The second-order valence-corrected chi connectivity index (χ2v) is 1.72. The minimum Gasteiger partial charge on any atom is -0.396 e. The van der Waals surface area contributed by atoms with E-state index >= 15 is 0 Å². The summed E-state index contributed by atoms with van der Waals surface area (Å²) in [6.07, 6.45) is 4.96. The molecule has 3 heteroatoms. The second kappa shape index (κ2) is 2.36. The van der Waals surface area contributed by atoms with Crippen molar-refractivity contribution in [3.05, 3.63) is 23.8 Å². The van der Waals surface area contributed by atoms with Crippen molar-refractivity contribution < 1.29 is 4.39 Å². The van der Waals surface area contributed by atoms with Gasteiger partial charge in [0.05, 0.1) is 5.69 Å². The van der Waals surface area contributed by atoms with Gasteiger partial charge in [0.1, 0.15) is 5.69 Å². The van der Waals surface area contributed by atoms with Gasteiger partial charge in [-0.25, -0.2) is 4.98 Å². The molecule has 0 saturated carbocycles. The molecule has 0 fully saturated rings. The molecule has 0 bridgehead atoms. The highest BCUT2D eigenvalue weighted by Gasteiger charge is 1.97. The average Bonchev–Trinajstić information content (AvgIpc) is 1.94. The van der Waals surface area contributed by atoms with Crippen molar-refractivity contribution in [3.63, 3.8) is 0 Å². The summed E-state index contributed by atoms with van der Waals surface area (Å²) in [5, 5.41) is 0. The van der Waals surface area contributed by atoms with Crippen LogP contribution in [0.2, 0.25) is 0 Å². The summed E-state index contributed by atoms with van der Waals surface area (Å²) in [7, 11) is 0. The fraction of sp³-hybridized carbons (Fsp3) is 0. The number of nitrogen functional groups attached to an aromatic ring is 1. The van der Waals surface area contributed by atoms with E-state index in [0.29, 0.717) is 5.69 Å². The first-order valence-electron chi connectivity index (χ1n) is 2.62. The molecule has 0 radical (unpaired) electrons. The van der Waals surface area contributed by atoms with E-state index in [1.54, 1.807) is 0 Å². The quantitative estimate of drug-likeness (QED) is 0.423. The third kappa shape index (κ3) is 1.06. The normalized spacial score (nSPS) is 8.80. The number of aromatic nitrogens is 1. The zero-order valence-electron chi connectivity index (χ0n) is 5.13. The first-order valence-corrected chi connectivity index (χ1v) is 2.62. The molecule has 0 atom stereocenters. The standard InChI is InChI=1S/C7H5FN2/c1-2-6-5(9)3-4-7(8)10-6/h1,3-4H,9H2. The summed E-state index contributed by atoms with van der Waals surface area (Å²) in [5.41, 5.74) is 5.80. The minimum absolute atomic E-state index is 0.153. The van der Waals surface area contributed by atoms with Gasteiger partial charge in [0.15, 0.2) is 0 Å². The molecule has 0 unspecified atom stereocenters. The maximum atomic E-state index is 12.3. The Labute approximate surface area is 57.9 Å². The van der Waals surface area contributed by atoms with Gasteiger partial charge in [-0.1, -0.05) is 0 Å². The molecule has 50 valence electrons. The lowest BCUT2D eigenvalue weighted by Gasteiger charge is -1.94. The first-order chi connectivity index (χ1) is 4.74. The van der Waals surface area contributed by atoms with Gasteiger partial charge >= 0.3 is 0 Å². The fourth-order valence-corrected chi connectivity index (χ4v) is 0.562. The van der Waals surface area contributed by atoms with E-state index in [9.17, 15) is 4.39 Å². The Morgan fingerprint density at radius 1 is 1.60 bits per heavy atom. The largest absolute Gasteiger partial charge is 0.396 e. The van der Waals surface area contributed by atoms with Crippen LogP contribution in [0.1, 0.15) is 5.69 Å². The summed E-state index contributed by atoms with van der Waals surface area (Å²) in [5.74, 6) is 1.55. The van der Waals surface area contributed by atoms with Crippen LogP contribution in [0.3, 0.4) is 0 Å². The Hall–Kier alpha value is -1.56. The van der Waals surface area contributed by atoms with Gasteiger partial charge < -0.3 is 5.73 Å². The van der Waals surface area contributed by atoms with Crippen molar-refractivity contribution in [2.75, 3.05) is 5.73 Å². The highest BCUT2D eigenvalue weighted by atomic mass is 19.1. The summed E-state index contributed by atoms with van der Waals surface area (Å²) in [6, 6.07) is 2.55. The molecule has 2 N–H and O–H groups in total. The van der Waals surface area contributed by atoms with Crippen molar-refractivity contribution in [3.8, 4) is 12.3 Å². The Morgan fingerprint density at radius 2 is 2.30 bits per heavy atom. The van der Waals surface area contributed by atoms with Crippen LogP contribution in [-0.4, -0.2) is 4.98 Å². The molecule has 0 aromatic carbocycles. The van der Waals surface area contributed by atoms with Crippen LogP contribution in [-0.2, 0) is 0 Å². The lowest BCUT2D eigenvalue weighted by Crippen LogP contribution is -1.94.